The molecule has 1 aromatic carbocycles. The van der Waals surface area contributed by atoms with Gasteiger partial charge in [0.15, 0.2) is 0 Å². The van der Waals surface area contributed by atoms with Crippen LogP contribution < -0.4 is 5.32 Å². The van der Waals surface area contributed by atoms with Crippen molar-refractivity contribution < 1.29 is 4.79 Å². The molecule has 1 aliphatic rings. The third-order valence-corrected chi connectivity index (χ3v) is 5.18. The van der Waals surface area contributed by atoms with Crippen LogP contribution in [0.4, 0.5) is 0 Å². The van der Waals surface area contributed by atoms with Crippen LogP contribution in [0.2, 0.25) is 0 Å². The van der Waals surface area contributed by atoms with Crippen LogP contribution in [0.1, 0.15) is 44.7 Å². The molecule has 0 radical (unpaired) electrons. The number of nitrogens with one attached hydrogen (secondary N) is 1. The van der Waals surface area contributed by atoms with Crippen LogP contribution in [0.15, 0.2) is 43.2 Å². The van der Waals surface area contributed by atoms with Gasteiger partial charge in [-0.15, -0.1) is 10.2 Å². The summed E-state index contributed by atoms with van der Waals surface area (Å²) in [4.78, 5) is 17.1. The Labute approximate surface area is 146 Å². The molecule has 7 heteroatoms. The molecule has 1 saturated carbocycles. The fourth-order valence-electron chi connectivity index (χ4n) is 3.65. The predicted octanol–water partition coefficient (Wildman–Crippen LogP) is 2.49. The second-order valence-corrected chi connectivity index (χ2v) is 6.74. The van der Waals surface area contributed by atoms with E-state index >= 15 is 0 Å². The summed E-state index contributed by atoms with van der Waals surface area (Å²) in [5.74, 6) is 0.0518. The summed E-state index contributed by atoms with van der Waals surface area (Å²) in [6.45, 7) is 1.92. The SMILES string of the molecule is CC(C(=O)NC1CCC(n2cnnc2)CC1)n1cnc2ccccc21. The van der Waals surface area contributed by atoms with Crippen molar-refractivity contribution in [1.82, 2.24) is 29.6 Å². The number of rotatable bonds is 4. The normalized spacial score (nSPS) is 22.0. The van der Waals surface area contributed by atoms with Crippen LogP contribution in [0.5, 0.6) is 0 Å². The Balaban J connectivity index is 1.37. The maximum Gasteiger partial charge on any atom is 0.243 e. The van der Waals surface area contributed by atoms with Crippen molar-refractivity contribution in [3.05, 3.63) is 43.2 Å². The van der Waals surface area contributed by atoms with Gasteiger partial charge in [-0.25, -0.2) is 4.98 Å². The number of benzene rings is 1. The molecule has 2 aromatic heterocycles. The molecule has 1 unspecified atom stereocenters. The van der Waals surface area contributed by atoms with Gasteiger partial charge >= 0.3 is 0 Å². The molecule has 0 saturated heterocycles. The van der Waals surface area contributed by atoms with E-state index in [4.69, 9.17) is 0 Å². The zero-order chi connectivity index (χ0) is 17.2. The summed E-state index contributed by atoms with van der Waals surface area (Å²) < 4.78 is 4.01. The van der Waals surface area contributed by atoms with Gasteiger partial charge in [0.25, 0.3) is 0 Å². The van der Waals surface area contributed by atoms with Crippen LogP contribution in [0.3, 0.4) is 0 Å². The molecule has 1 aliphatic carbocycles. The number of hydrogen-bond donors (Lipinski definition) is 1. The number of hydrogen-bond acceptors (Lipinski definition) is 4. The van der Waals surface area contributed by atoms with Gasteiger partial charge in [0.2, 0.25) is 5.91 Å². The maximum atomic E-state index is 12.7. The Kier molecular flexibility index (Phi) is 4.21. The largest absolute Gasteiger partial charge is 0.352 e. The Morgan fingerprint density at radius 1 is 1.12 bits per heavy atom. The highest BCUT2D eigenvalue weighted by atomic mass is 16.2. The molecule has 1 atom stereocenters. The molecule has 4 rings (SSSR count). The monoisotopic (exact) mass is 338 g/mol. The lowest BCUT2D eigenvalue weighted by molar-refractivity contribution is -0.124. The lowest BCUT2D eigenvalue weighted by atomic mass is 9.91. The van der Waals surface area contributed by atoms with Gasteiger partial charge in [0.05, 0.1) is 17.4 Å². The average molecular weight is 338 g/mol. The Bertz CT molecular complexity index is 847. The molecule has 0 spiro atoms. The summed E-state index contributed by atoms with van der Waals surface area (Å²) in [7, 11) is 0. The van der Waals surface area contributed by atoms with E-state index in [-0.39, 0.29) is 18.0 Å². The van der Waals surface area contributed by atoms with Crippen molar-refractivity contribution in [2.45, 2.75) is 50.7 Å². The topological polar surface area (TPSA) is 77.6 Å². The van der Waals surface area contributed by atoms with Crippen LogP contribution in [-0.2, 0) is 4.79 Å². The van der Waals surface area contributed by atoms with Crippen LogP contribution in [0.25, 0.3) is 11.0 Å². The molecule has 1 fully saturated rings. The summed E-state index contributed by atoms with van der Waals surface area (Å²) in [5, 5.41) is 11.0. The molecule has 7 nitrogen and oxygen atoms in total. The molecular weight excluding hydrogens is 316 g/mol. The number of carbonyl (C=O) groups is 1. The van der Waals surface area contributed by atoms with Crippen LogP contribution in [0, 0.1) is 0 Å². The second kappa shape index (κ2) is 6.66. The summed E-state index contributed by atoms with van der Waals surface area (Å²) in [6.07, 6.45) is 9.32. The molecular formula is C18H22N6O. The quantitative estimate of drug-likeness (QED) is 0.793. The van der Waals surface area contributed by atoms with Gasteiger partial charge < -0.3 is 14.5 Å². The average Bonchev–Trinajstić information content (AvgIpc) is 3.31. The van der Waals surface area contributed by atoms with E-state index in [0.29, 0.717) is 6.04 Å². The number of nitrogens with zero attached hydrogens (tertiary/aromatic N) is 5. The van der Waals surface area contributed by atoms with Crippen molar-refractivity contribution in [1.29, 1.82) is 0 Å². The van der Waals surface area contributed by atoms with Crippen molar-refractivity contribution >= 4 is 16.9 Å². The minimum atomic E-state index is -0.275. The molecule has 3 aromatic rings. The Morgan fingerprint density at radius 2 is 1.84 bits per heavy atom. The first-order chi connectivity index (χ1) is 12.2. The molecule has 0 aliphatic heterocycles. The third-order valence-electron chi connectivity index (χ3n) is 5.18. The van der Waals surface area contributed by atoms with Gasteiger partial charge in [-0.2, -0.15) is 0 Å². The van der Waals surface area contributed by atoms with Gasteiger partial charge in [-0.3, -0.25) is 4.79 Å². The number of amides is 1. The first kappa shape index (κ1) is 15.8. The number of para-hydroxylation sites is 2. The van der Waals surface area contributed by atoms with Crippen molar-refractivity contribution in [2.24, 2.45) is 0 Å². The number of imidazole rings is 1. The lowest BCUT2D eigenvalue weighted by Gasteiger charge is -2.30. The van der Waals surface area contributed by atoms with E-state index in [2.05, 4.69) is 25.1 Å². The molecule has 1 N–H and O–H groups in total. The number of fused-ring (bicyclic) bond motifs is 1. The van der Waals surface area contributed by atoms with E-state index in [9.17, 15) is 4.79 Å². The Morgan fingerprint density at radius 3 is 2.60 bits per heavy atom. The molecule has 130 valence electrons. The highest BCUT2D eigenvalue weighted by Gasteiger charge is 2.25. The summed E-state index contributed by atoms with van der Waals surface area (Å²) in [6, 6.07) is 8.29. The molecule has 0 bridgehead atoms. The van der Waals surface area contributed by atoms with E-state index in [1.165, 1.54) is 0 Å². The van der Waals surface area contributed by atoms with E-state index < -0.39 is 0 Å². The van der Waals surface area contributed by atoms with Gasteiger partial charge in [-0.05, 0) is 44.7 Å². The van der Waals surface area contributed by atoms with E-state index in [1.54, 1.807) is 19.0 Å². The summed E-state index contributed by atoms with van der Waals surface area (Å²) in [5.41, 5.74) is 1.90. The van der Waals surface area contributed by atoms with Gasteiger partial charge in [0.1, 0.15) is 18.7 Å². The zero-order valence-corrected chi connectivity index (χ0v) is 14.2. The maximum absolute atomic E-state index is 12.7. The molecule has 2 heterocycles. The van der Waals surface area contributed by atoms with Crippen molar-refractivity contribution in [2.75, 3.05) is 0 Å². The fourth-order valence-corrected chi connectivity index (χ4v) is 3.65. The first-order valence-corrected chi connectivity index (χ1v) is 8.78. The fraction of sp³-hybridized carbons (Fsp3) is 0.444. The predicted molar refractivity (Wildman–Crippen MR) is 93.9 cm³/mol. The van der Waals surface area contributed by atoms with Crippen molar-refractivity contribution in [3.63, 3.8) is 0 Å². The number of carbonyl (C=O) groups excluding carboxylic acids is 1. The van der Waals surface area contributed by atoms with Gasteiger partial charge in [0, 0.05) is 12.1 Å². The smallest absolute Gasteiger partial charge is 0.243 e. The highest BCUT2D eigenvalue weighted by Crippen LogP contribution is 2.28. The van der Waals surface area contributed by atoms with Crippen LogP contribution in [-0.4, -0.2) is 36.3 Å². The molecule has 1 amide bonds. The zero-order valence-electron chi connectivity index (χ0n) is 14.2. The van der Waals surface area contributed by atoms with Crippen molar-refractivity contribution in [3.8, 4) is 0 Å². The molecule has 25 heavy (non-hydrogen) atoms. The second-order valence-electron chi connectivity index (χ2n) is 6.74. The van der Waals surface area contributed by atoms with E-state index in [0.717, 1.165) is 36.7 Å². The first-order valence-electron chi connectivity index (χ1n) is 8.78. The third kappa shape index (κ3) is 3.14. The standard InChI is InChI=1S/C18H22N6O/c1-13(24-10-19-16-4-2-3-5-17(16)24)18(25)22-14-6-8-15(9-7-14)23-11-20-21-12-23/h2-5,10-15H,6-9H2,1H3,(H,22,25). The minimum absolute atomic E-state index is 0.0518. The minimum Gasteiger partial charge on any atom is -0.352 e. The highest BCUT2D eigenvalue weighted by molar-refractivity contribution is 5.83. The lowest BCUT2D eigenvalue weighted by Crippen LogP contribution is -2.41. The number of aromatic nitrogens is 5. The van der Waals surface area contributed by atoms with E-state index in [1.807, 2.05) is 35.8 Å². The van der Waals surface area contributed by atoms with Gasteiger partial charge in [-0.1, -0.05) is 12.1 Å². The van der Waals surface area contributed by atoms with Crippen LogP contribution >= 0.6 is 0 Å². The Hall–Kier alpha value is -2.70. The summed E-state index contributed by atoms with van der Waals surface area (Å²) >= 11 is 0.